The number of aliphatic hydroxyl groups excluding tert-OH is 1. The van der Waals surface area contributed by atoms with Crippen LogP contribution in [0.3, 0.4) is 0 Å². The predicted octanol–water partition coefficient (Wildman–Crippen LogP) is 5.60. The van der Waals surface area contributed by atoms with Gasteiger partial charge in [-0.25, -0.2) is 0 Å². The first kappa shape index (κ1) is 23.5. The fourth-order valence-corrected chi connectivity index (χ4v) is 4.14. The van der Waals surface area contributed by atoms with Crippen molar-refractivity contribution in [1.82, 2.24) is 4.90 Å². The second-order valence-electron chi connectivity index (χ2n) is 8.25. The number of unbranched alkanes of at least 4 members (excludes halogenated alkanes) is 14. The number of amidine groups is 1. The Hall–Kier alpha value is -0.570. The molecule has 0 bridgehead atoms. The van der Waals surface area contributed by atoms with E-state index in [1.54, 1.807) is 0 Å². The Bertz CT molecular complexity index is 354. The first-order valence-corrected chi connectivity index (χ1v) is 11.7. The molecule has 154 valence electrons. The van der Waals surface area contributed by atoms with Crippen molar-refractivity contribution in [3.63, 3.8) is 0 Å². The van der Waals surface area contributed by atoms with Crippen LogP contribution >= 0.6 is 0 Å². The summed E-state index contributed by atoms with van der Waals surface area (Å²) in [5.74, 6) is 1.45. The molecule has 0 saturated carbocycles. The van der Waals surface area contributed by atoms with E-state index in [1.165, 1.54) is 109 Å². The molecule has 0 aromatic rings. The quantitative estimate of drug-likeness (QED) is 0.252. The van der Waals surface area contributed by atoms with Crippen LogP contribution in [0.15, 0.2) is 0 Å². The summed E-state index contributed by atoms with van der Waals surface area (Å²) in [7, 11) is 2.19. The van der Waals surface area contributed by atoms with Gasteiger partial charge in [0, 0.05) is 6.42 Å². The molecule has 0 amide bonds. The number of hydrogen-bond acceptors (Lipinski definition) is 2. The Morgan fingerprint density at radius 1 is 0.769 bits per heavy atom. The molecule has 1 rings (SSSR count). The topological polar surface area (TPSA) is 26.5 Å². The third-order valence-electron chi connectivity index (χ3n) is 5.88. The van der Waals surface area contributed by atoms with Crippen molar-refractivity contribution in [2.45, 2.75) is 110 Å². The van der Waals surface area contributed by atoms with Crippen LogP contribution in [0.4, 0.5) is 0 Å². The highest BCUT2D eigenvalue weighted by Gasteiger charge is 2.26. The van der Waals surface area contributed by atoms with Gasteiger partial charge >= 0.3 is 0 Å². The number of aliphatic hydroxyl groups is 1. The van der Waals surface area contributed by atoms with Crippen molar-refractivity contribution in [3.05, 3.63) is 0 Å². The lowest BCUT2D eigenvalue weighted by atomic mass is 10.0. The van der Waals surface area contributed by atoms with Gasteiger partial charge in [-0.05, 0) is 6.42 Å². The fourth-order valence-electron chi connectivity index (χ4n) is 4.14. The maximum Gasteiger partial charge on any atom is 0.246 e. The minimum absolute atomic E-state index is 0.274. The van der Waals surface area contributed by atoms with Crippen molar-refractivity contribution in [1.29, 1.82) is 0 Å². The van der Waals surface area contributed by atoms with Gasteiger partial charge in [0.1, 0.15) is 19.6 Å². The number of β-amino-alcohol motifs (C(OH)–C–C–N with tert-alkyl or cyclic N) is 1. The molecule has 0 aliphatic carbocycles. The predicted molar refractivity (Wildman–Crippen MR) is 114 cm³/mol. The average Bonchev–Trinajstić information content (AvgIpc) is 2.98. The molecule has 26 heavy (non-hydrogen) atoms. The zero-order valence-corrected chi connectivity index (χ0v) is 18.0. The molecular formula is C23H47N2O+. The largest absolute Gasteiger partial charge is 0.392 e. The van der Waals surface area contributed by atoms with Crippen LogP contribution in [0.1, 0.15) is 110 Å². The highest BCUT2D eigenvalue weighted by molar-refractivity contribution is 5.78. The van der Waals surface area contributed by atoms with E-state index in [0.717, 1.165) is 19.6 Å². The van der Waals surface area contributed by atoms with Crippen LogP contribution in [-0.4, -0.2) is 53.7 Å². The van der Waals surface area contributed by atoms with E-state index >= 15 is 0 Å². The Morgan fingerprint density at radius 3 is 1.69 bits per heavy atom. The third kappa shape index (κ3) is 11.2. The van der Waals surface area contributed by atoms with E-state index in [-0.39, 0.29) is 6.61 Å². The SMILES string of the molecule is CCCCCCCCCCCCCCCCCC1=[N+](C)CCN1CCO. The van der Waals surface area contributed by atoms with Gasteiger partial charge in [-0.2, -0.15) is 0 Å². The van der Waals surface area contributed by atoms with Gasteiger partial charge < -0.3 is 5.11 Å². The molecule has 1 heterocycles. The summed E-state index contributed by atoms with van der Waals surface area (Å²) in [6.45, 7) is 5.58. The van der Waals surface area contributed by atoms with E-state index in [4.69, 9.17) is 5.11 Å². The van der Waals surface area contributed by atoms with E-state index in [9.17, 15) is 0 Å². The van der Waals surface area contributed by atoms with Gasteiger partial charge in [-0.15, -0.1) is 0 Å². The Balaban J connectivity index is 1.83. The lowest BCUT2D eigenvalue weighted by Gasteiger charge is -2.11. The van der Waals surface area contributed by atoms with Crippen LogP contribution in [0.5, 0.6) is 0 Å². The maximum absolute atomic E-state index is 9.16. The molecule has 1 aliphatic rings. The monoisotopic (exact) mass is 367 g/mol. The standard InChI is InChI=1S/C23H47N2O/c1-3-4-5-6-7-8-9-10-11-12-13-14-15-16-17-18-23-24(2)19-20-25(23)21-22-26/h26H,3-22H2,1-2H3/q+1. The Kier molecular flexibility index (Phi) is 15.0. The molecular weight excluding hydrogens is 320 g/mol. The van der Waals surface area contributed by atoms with Crippen molar-refractivity contribution in [2.24, 2.45) is 0 Å². The molecule has 0 saturated heterocycles. The van der Waals surface area contributed by atoms with Crippen LogP contribution in [-0.2, 0) is 0 Å². The van der Waals surface area contributed by atoms with Gasteiger partial charge in [0.15, 0.2) is 0 Å². The summed E-state index contributed by atoms with van der Waals surface area (Å²) in [5, 5.41) is 9.16. The average molecular weight is 368 g/mol. The Labute approximate surface area is 163 Å². The molecule has 3 nitrogen and oxygen atoms in total. The number of hydrogen-bond donors (Lipinski definition) is 1. The number of rotatable bonds is 18. The minimum Gasteiger partial charge on any atom is -0.392 e. The summed E-state index contributed by atoms with van der Waals surface area (Å²) in [4.78, 5) is 2.36. The van der Waals surface area contributed by atoms with Gasteiger partial charge in [-0.1, -0.05) is 96.8 Å². The molecule has 0 fully saturated rings. The number of nitrogens with zero attached hydrogens (tertiary/aromatic N) is 2. The van der Waals surface area contributed by atoms with Crippen LogP contribution in [0.2, 0.25) is 0 Å². The summed E-state index contributed by atoms with van der Waals surface area (Å²) >= 11 is 0. The normalized spacial score (nSPS) is 14.7. The molecule has 0 spiro atoms. The molecule has 1 N–H and O–H groups in total. The Morgan fingerprint density at radius 2 is 1.23 bits per heavy atom. The van der Waals surface area contributed by atoms with E-state index in [0.29, 0.717) is 0 Å². The molecule has 1 aliphatic heterocycles. The summed E-state index contributed by atoms with van der Waals surface area (Å²) in [6, 6.07) is 0. The molecule has 0 radical (unpaired) electrons. The first-order valence-electron chi connectivity index (χ1n) is 11.7. The molecule has 0 aromatic heterocycles. The highest BCUT2D eigenvalue weighted by Crippen LogP contribution is 2.14. The van der Waals surface area contributed by atoms with Crippen LogP contribution < -0.4 is 0 Å². The third-order valence-corrected chi connectivity index (χ3v) is 5.88. The minimum atomic E-state index is 0.274. The van der Waals surface area contributed by atoms with E-state index < -0.39 is 0 Å². The fraction of sp³-hybridized carbons (Fsp3) is 0.957. The lowest BCUT2D eigenvalue weighted by molar-refractivity contribution is -0.487. The lowest BCUT2D eigenvalue weighted by Crippen LogP contribution is -2.31. The number of likely N-dealkylation sites (N-methyl/N-ethyl adjacent to an activating group) is 1. The van der Waals surface area contributed by atoms with Crippen molar-refractivity contribution >= 4 is 5.84 Å². The molecule has 0 aromatic carbocycles. The van der Waals surface area contributed by atoms with Gasteiger partial charge in [-0.3, -0.25) is 9.48 Å². The molecule has 3 heteroatoms. The van der Waals surface area contributed by atoms with Crippen molar-refractivity contribution in [3.8, 4) is 0 Å². The maximum atomic E-state index is 9.16. The van der Waals surface area contributed by atoms with Crippen LogP contribution in [0, 0.1) is 0 Å². The van der Waals surface area contributed by atoms with Gasteiger partial charge in [0.25, 0.3) is 0 Å². The molecule has 0 unspecified atom stereocenters. The summed E-state index contributed by atoms with van der Waals surface area (Å²) in [5.41, 5.74) is 0. The second kappa shape index (κ2) is 16.6. The zero-order valence-electron chi connectivity index (χ0n) is 18.0. The van der Waals surface area contributed by atoms with Gasteiger partial charge in [0.05, 0.1) is 13.7 Å². The van der Waals surface area contributed by atoms with Crippen molar-refractivity contribution < 1.29 is 9.68 Å². The first-order chi connectivity index (χ1) is 12.8. The highest BCUT2D eigenvalue weighted by atomic mass is 16.3. The molecule has 0 atom stereocenters. The van der Waals surface area contributed by atoms with E-state index in [1.807, 2.05) is 0 Å². The van der Waals surface area contributed by atoms with Crippen molar-refractivity contribution in [2.75, 3.05) is 33.3 Å². The smallest absolute Gasteiger partial charge is 0.246 e. The second-order valence-corrected chi connectivity index (χ2v) is 8.25. The summed E-state index contributed by atoms with van der Waals surface area (Å²) in [6.07, 6.45) is 22.5. The van der Waals surface area contributed by atoms with Crippen LogP contribution in [0.25, 0.3) is 0 Å². The van der Waals surface area contributed by atoms with E-state index in [2.05, 4.69) is 23.4 Å². The zero-order chi connectivity index (χ0) is 18.9. The van der Waals surface area contributed by atoms with Gasteiger partial charge in [0.2, 0.25) is 5.84 Å². The summed E-state index contributed by atoms with van der Waals surface area (Å²) < 4.78 is 2.37.